The molecule has 4 nitrogen and oxygen atoms in total. The van der Waals surface area contributed by atoms with Gasteiger partial charge in [0.05, 0.1) is 5.25 Å². The van der Waals surface area contributed by atoms with E-state index in [9.17, 15) is 4.79 Å². The van der Waals surface area contributed by atoms with E-state index in [1.165, 1.54) is 12.8 Å². The number of nitrogens with zero attached hydrogens (tertiary/aromatic N) is 2. The Labute approximate surface area is 122 Å². The first-order valence-electron chi connectivity index (χ1n) is 7.06. The summed E-state index contributed by atoms with van der Waals surface area (Å²) < 4.78 is 0.916. The van der Waals surface area contributed by atoms with Crippen molar-refractivity contribution in [1.29, 1.82) is 0 Å². The molecule has 0 aromatic carbocycles. The second kappa shape index (κ2) is 7.85. The van der Waals surface area contributed by atoms with Crippen LogP contribution in [0, 0.1) is 0 Å². The van der Waals surface area contributed by atoms with Crippen molar-refractivity contribution in [1.82, 2.24) is 10.2 Å². The van der Waals surface area contributed by atoms with E-state index in [0.717, 1.165) is 48.1 Å². The average molecular weight is 299 g/mol. The number of thioether (sulfide) groups is 1. The van der Waals surface area contributed by atoms with Crippen LogP contribution in [-0.2, 0) is 4.79 Å². The van der Waals surface area contributed by atoms with Crippen molar-refractivity contribution in [2.45, 2.75) is 61.5 Å². The van der Waals surface area contributed by atoms with Gasteiger partial charge in [-0.1, -0.05) is 49.3 Å². The zero-order valence-corrected chi connectivity index (χ0v) is 13.0. The Balaban J connectivity index is 1.86. The van der Waals surface area contributed by atoms with Gasteiger partial charge in [0, 0.05) is 13.0 Å². The van der Waals surface area contributed by atoms with Crippen LogP contribution < -0.4 is 5.32 Å². The lowest BCUT2D eigenvalue weighted by atomic mass is 10.2. The van der Waals surface area contributed by atoms with Gasteiger partial charge in [-0.2, -0.15) is 0 Å². The summed E-state index contributed by atoms with van der Waals surface area (Å²) in [6, 6.07) is 0. The molecule has 1 aromatic heterocycles. The van der Waals surface area contributed by atoms with Crippen molar-refractivity contribution in [2.75, 3.05) is 11.9 Å². The maximum absolute atomic E-state index is 12.0. The van der Waals surface area contributed by atoms with Gasteiger partial charge in [-0.3, -0.25) is 4.79 Å². The number of ketones is 1. The van der Waals surface area contributed by atoms with Crippen molar-refractivity contribution < 1.29 is 4.79 Å². The number of carbonyl (C=O) groups is 1. The molecule has 1 N–H and O–H groups in total. The number of unbranched alkanes of at least 4 members (excludes halogenated alkanes) is 1. The molecular weight excluding hydrogens is 278 g/mol. The number of aromatic nitrogens is 2. The van der Waals surface area contributed by atoms with Gasteiger partial charge in [-0.25, -0.2) is 0 Å². The molecule has 0 radical (unpaired) electrons. The smallest absolute Gasteiger partial charge is 0.206 e. The molecule has 0 amide bonds. The predicted octanol–water partition coefficient (Wildman–Crippen LogP) is 3.74. The molecule has 19 heavy (non-hydrogen) atoms. The zero-order chi connectivity index (χ0) is 13.5. The van der Waals surface area contributed by atoms with Crippen LogP contribution in [0.4, 0.5) is 5.13 Å². The van der Waals surface area contributed by atoms with E-state index in [-0.39, 0.29) is 5.25 Å². The Morgan fingerprint density at radius 2 is 2.26 bits per heavy atom. The SMILES string of the molecule is CCCCNc1nnc(S[C@@H]2CCCCCC2=O)s1. The second-order valence-electron chi connectivity index (χ2n) is 4.83. The van der Waals surface area contributed by atoms with Crippen LogP contribution in [0.2, 0.25) is 0 Å². The van der Waals surface area contributed by atoms with Crippen molar-refractivity contribution in [2.24, 2.45) is 0 Å². The first-order chi connectivity index (χ1) is 9.29. The molecule has 0 saturated heterocycles. The Bertz CT molecular complexity index is 408. The lowest BCUT2D eigenvalue weighted by Gasteiger charge is -2.09. The van der Waals surface area contributed by atoms with Crippen molar-refractivity contribution in [3.05, 3.63) is 0 Å². The van der Waals surface area contributed by atoms with Crippen LogP contribution >= 0.6 is 23.1 Å². The van der Waals surface area contributed by atoms with Crippen molar-refractivity contribution >= 4 is 34.0 Å². The summed E-state index contributed by atoms with van der Waals surface area (Å²) in [5, 5.41) is 12.5. The highest BCUT2D eigenvalue weighted by Gasteiger charge is 2.23. The Kier molecular flexibility index (Phi) is 6.10. The number of hydrogen-bond donors (Lipinski definition) is 1. The van der Waals surface area contributed by atoms with Gasteiger partial charge < -0.3 is 5.32 Å². The summed E-state index contributed by atoms with van der Waals surface area (Å²) >= 11 is 3.16. The molecule has 2 rings (SSSR count). The van der Waals surface area contributed by atoms with Crippen LogP contribution in [0.15, 0.2) is 4.34 Å². The van der Waals surface area contributed by atoms with Gasteiger partial charge >= 0.3 is 0 Å². The maximum Gasteiger partial charge on any atom is 0.206 e. The van der Waals surface area contributed by atoms with Crippen LogP contribution in [0.5, 0.6) is 0 Å². The molecule has 1 saturated carbocycles. The quantitative estimate of drug-likeness (QED) is 0.640. The Hall–Kier alpha value is -0.620. The van der Waals surface area contributed by atoms with Gasteiger partial charge in [0.15, 0.2) is 4.34 Å². The highest BCUT2D eigenvalue weighted by Crippen LogP contribution is 2.33. The van der Waals surface area contributed by atoms with E-state index in [1.54, 1.807) is 23.1 Å². The molecule has 106 valence electrons. The summed E-state index contributed by atoms with van der Waals surface area (Å²) in [7, 11) is 0. The van der Waals surface area contributed by atoms with Gasteiger partial charge in [0.1, 0.15) is 5.78 Å². The summed E-state index contributed by atoms with van der Waals surface area (Å²) in [6.07, 6.45) is 7.43. The van der Waals surface area contributed by atoms with E-state index in [0.29, 0.717) is 5.78 Å². The third-order valence-corrected chi connectivity index (χ3v) is 5.49. The number of rotatable bonds is 6. The van der Waals surface area contributed by atoms with Crippen molar-refractivity contribution in [3.8, 4) is 0 Å². The Morgan fingerprint density at radius 1 is 1.37 bits per heavy atom. The summed E-state index contributed by atoms with van der Waals surface area (Å²) in [5.74, 6) is 0.387. The molecule has 1 aromatic rings. The number of anilines is 1. The van der Waals surface area contributed by atoms with Crippen LogP contribution in [-0.4, -0.2) is 27.8 Å². The zero-order valence-electron chi connectivity index (χ0n) is 11.4. The van der Waals surface area contributed by atoms with E-state index in [1.807, 2.05) is 0 Å². The second-order valence-corrected chi connectivity index (χ2v) is 7.25. The fraction of sp³-hybridized carbons (Fsp3) is 0.769. The first kappa shape index (κ1) is 14.8. The minimum absolute atomic E-state index is 0.0962. The molecule has 1 atom stereocenters. The molecule has 0 spiro atoms. The fourth-order valence-electron chi connectivity index (χ4n) is 2.07. The molecule has 0 bridgehead atoms. The monoisotopic (exact) mass is 299 g/mol. The standard InChI is InChI=1S/C13H21N3OS2/c1-2-3-9-14-12-15-16-13(19-12)18-11-8-6-4-5-7-10(11)17/h11H,2-9H2,1H3,(H,14,15)/t11-/m1/s1. The minimum Gasteiger partial charge on any atom is -0.360 e. The summed E-state index contributed by atoms with van der Waals surface area (Å²) in [5.41, 5.74) is 0. The number of nitrogens with one attached hydrogen (secondary N) is 1. The third kappa shape index (κ3) is 4.76. The molecule has 1 aliphatic carbocycles. The normalized spacial score (nSPS) is 20.3. The van der Waals surface area contributed by atoms with E-state index >= 15 is 0 Å². The maximum atomic E-state index is 12.0. The lowest BCUT2D eigenvalue weighted by molar-refractivity contribution is -0.118. The lowest BCUT2D eigenvalue weighted by Crippen LogP contribution is -2.14. The Morgan fingerprint density at radius 3 is 3.11 bits per heavy atom. The first-order valence-corrected chi connectivity index (χ1v) is 8.76. The van der Waals surface area contributed by atoms with E-state index in [4.69, 9.17) is 0 Å². The summed E-state index contributed by atoms with van der Waals surface area (Å²) in [4.78, 5) is 12.0. The van der Waals surface area contributed by atoms with E-state index < -0.39 is 0 Å². The van der Waals surface area contributed by atoms with Crippen molar-refractivity contribution in [3.63, 3.8) is 0 Å². The summed E-state index contributed by atoms with van der Waals surface area (Å²) in [6.45, 7) is 3.11. The van der Waals surface area contributed by atoms with Crippen LogP contribution in [0.3, 0.4) is 0 Å². The van der Waals surface area contributed by atoms with Gasteiger partial charge in [0.25, 0.3) is 0 Å². The molecule has 1 fully saturated rings. The molecule has 0 unspecified atom stereocenters. The molecule has 1 heterocycles. The number of hydrogen-bond acceptors (Lipinski definition) is 6. The topological polar surface area (TPSA) is 54.9 Å². The van der Waals surface area contributed by atoms with Crippen LogP contribution in [0.25, 0.3) is 0 Å². The highest BCUT2D eigenvalue weighted by atomic mass is 32.2. The average Bonchev–Trinajstić information content (AvgIpc) is 2.75. The number of carbonyl (C=O) groups excluding carboxylic acids is 1. The molecule has 0 aliphatic heterocycles. The van der Waals surface area contributed by atoms with Gasteiger partial charge in [-0.05, 0) is 19.3 Å². The molecule has 6 heteroatoms. The van der Waals surface area contributed by atoms with E-state index in [2.05, 4.69) is 22.4 Å². The highest BCUT2D eigenvalue weighted by molar-refractivity contribution is 8.02. The molecular formula is C13H21N3OS2. The number of Topliss-reactive ketones (excluding diaryl/α,β-unsaturated/α-hetero) is 1. The largest absolute Gasteiger partial charge is 0.360 e. The third-order valence-electron chi connectivity index (χ3n) is 3.20. The van der Waals surface area contributed by atoms with Crippen LogP contribution in [0.1, 0.15) is 51.9 Å². The molecule has 1 aliphatic rings. The van der Waals surface area contributed by atoms with Gasteiger partial charge in [0.2, 0.25) is 5.13 Å². The minimum atomic E-state index is 0.0962. The van der Waals surface area contributed by atoms with Gasteiger partial charge in [-0.15, -0.1) is 10.2 Å². The predicted molar refractivity (Wildman–Crippen MR) is 81.0 cm³/mol. The fourth-order valence-corrected chi connectivity index (χ4v) is 4.22.